The quantitative estimate of drug-likeness (QED) is 0.904. The Morgan fingerprint density at radius 1 is 1.19 bits per heavy atom. The van der Waals surface area contributed by atoms with Gasteiger partial charge in [0.15, 0.2) is 0 Å². The van der Waals surface area contributed by atoms with Gasteiger partial charge in [-0.3, -0.25) is 4.79 Å². The van der Waals surface area contributed by atoms with E-state index in [0.717, 1.165) is 29.8 Å². The summed E-state index contributed by atoms with van der Waals surface area (Å²) < 4.78 is 0. The van der Waals surface area contributed by atoms with Crippen LogP contribution < -0.4 is 11.1 Å². The largest absolute Gasteiger partial charge is 0.384 e. The SMILES string of the molecule is CCCc1cc(C(=O)Nc2cc(C)cc(C)n2)cc(N)n1. The second-order valence-corrected chi connectivity index (χ2v) is 5.15. The number of carbonyl (C=O) groups excluding carboxylic acids is 1. The monoisotopic (exact) mass is 284 g/mol. The molecule has 1 amide bonds. The minimum absolute atomic E-state index is 0.223. The minimum atomic E-state index is -0.223. The van der Waals surface area contributed by atoms with Crippen LogP contribution in [0.1, 0.15) is 40.7 Å². The van der Waals surface area contributed by atoms with Crippen LogP contribution in [-0.4, -0.2) is 15.9 Å². The maximum absolute atomic E-state index is 12.3. The average molecular weight is 284 g/mol. The van der Waals surface area contributed by atoms with Crippen LogP contribution in [0, 0.1) is 13.8 Å². The van der Waals surface area contributed by atoms with Crippen LogP contribution in [0.3, 0.4) is 0 Å². The molecule has 0 radical (unpaired) electrons. The minimum Gasteiger partial charge on any atom is -0.384 e. The van der Waals surface area contributed by atoms with Gasteiger partial charge in [0.1, 0.15) is 11.6 Å². The highest BCUT2D eigenvalue weighted by molar-refractivity contribution is 6.04. The molecule has 0 unspecified atom stereocenters. The molecule has 0 aliphatic rings. The summed E-state index contributed by atoms with van der Waals surface area (Å²) in [5.41, 5.74) is 9.02. The summed E-state index contributed by atoms with van der Waals surface area (Å²) in [5.74, 6) is 0.684. The van der Waals surface area contributed by atoms with Gasteiger partial charge in [0.25, 0.3) is 5.91 Å². The Kier molecular flexibility index (Phi) is 4.52. The van der Waals surface area contributed by atoms with Gasteiger partial charge in [-0.1, -0.05) is 13.3 Å². The van der Waals surface area contributed by atoms with E-state index in [1.54, 1.807) is 12.1 Å². The molecule has 0 aromatic carbocycles. The number of aryl methyl sites for hydroxylation is 3. The van der Waals surface area contributed by atoms with Crippen molar-refractivity contribution >= 4 is 17.5 Å². The molecule has 0 atom stereocenters. The molecule has 0 fully saturated rings. The normalized spacial score (nSPS) is 10.4. The summed E-state index contributed by atoms with van der Waals surface area (Å²) in [4.78, 5) is 20.8. The lowest BCUT2D eigenvalue weighted by atomic mass is 10.1. The summed E-state index contributed by atoms with van der Waals surface area (Å²) in [6.07, 6.45) is 1.75. The van der Waals surface area contributed by atoms with E-state index in [1.807, 2.05) is 26.0 Å². The molecule has 5 nitrogen and oxygen atoms in total. The molecular formula is C16H20N4O. The topological polar surface area (TPSA) is 80.9 Å². The number of hydrogen-bond acceptors (Lipinski definition) is 4. The Hall–Kier alpha value is -2.43. The predicted octanol–water partition coefficient (Wildman–Crippen LogP) is 2.88. The van der Waals surface area contributed by atoms with Crippen LogP contribution in [0.25, 0.3) is 0 Å². The number of nitrogens with one attached hydrogen (secondary N) is 1. The molecule has 0 aliphatic carbocycles. The average Bonchev–Trinajstić information content (AvgIpc) is 2.37. The molecule has 21 heavy (non-hydrogen) atoms. The van der Waals surface area contributed by atoms with Gasteiger partial charge in [-0.2, -0.15) is 0 Å². The fourth-order valence-electron chi connectivity index (χ4n) is 2.22. The highest BCUT2D eigenvalue weighted by atomic mass is 16.1. The molecule has 110 valence electrons. The Morgan fingerprint density at radius 2 is 1.95 bits per heavy atom. The molecular weight excluding hydrogens is 264 g/mol. The Balaban J connectivity index is 2.23. The third-order valence-corrected chi connectivity index (χ3v) is 3.01. The number of hydrogen-bond donors (Lipinski definition) is 2. The molecule has 2 heterocycles. The van der Waals surface area contributed by atoms with Crippen LogP contribution in [0.4, 0.5) is 11.6 Å². The summed E-state index contributed by atoms with van der Waals surface area (Å²) >= 11 is 0. The highest BCUT2D eigenvalue weighted by Crippen LogP contribution is 2.14. The number of aromatic nitrogens is 2. The molecule has 0 saturated heterocycles. The number of pyridine rings is 2. The van der Waals surface area contributed by atoms with Crippen molar-refractivity contribution < 1.29 is 4.79 Å². The Morgan fingerprint density at radius 3 is 2.62 bits per heavy atom. The summed E-state index contributed by atoms with van der Waals surface area (Å²) in [5, 5.41) is 2.80. The van der Waals surface area contributed by atoms with Gasteiger partial charge in [0, 0.05) is 17.0 Å². The Labute approximate surface area is 124 Å². The van der Waals surface area contributed by atoms with Gasteiger partial charge >= 0.3 is 0 Å². The predicted molar refractivity (Wildman–Crippen MR) is 84.3 cm³/mol. The molecule has 0 saturated carbocycles. The molecule has 0 bridgehead atoms. The first-order chi connectivity index (χ1) is 9.97. The van der Waals surface area contributed by atoms with Crippen molar-refractivity contribution in [3.8, 4) is 0 Å². The summed E-state index contributed by atoms with van der Waals surface area (Å²) in [6, 6.07) is 7.15. The van der Waals surface area contributed by atoms with Gasteiger partial charge in [-0.05, 0) is 50.1 Å². The smallest absolute Gasteiger partial charge is 0.257 e. The first kappa shape index (κ1) is 15.0. The van der Waals surface area contributed by atoms with Gasteiger partial charge in [-0.25, -0.2) is 9.97 Å². The van der Waals surface area contributed by atoms with Gasteiger partial charge in [0.05, 0.1) is 0 Å². The Bertz CT molecular complexity index is 647. The number of nitrogens with zero attached hydrogens (tertiary/aromatic N) is 2. The molecule has 2 aromatic rings. The standard InChI is InChI=1S/C16H20N4O/c1-4-5-13-8-12(9-14(17)19-13)16(21)20-15-7-10(2)6-11(3)18-15/h6-9H,4-5H2,1-3H3,(H2,17,19)(H,18,20,21). The van der Waals surface area contributed by atoms with Crippen molar-refractivity contribution in [2.24, 2.45) is 0 Å². The van der Waals surface area contributed by atoms with Crippen molar-refractivity contribution in [1.82, 2.24) is 9.97 Å². The maximum Gasteiger partial charge on any atom is 0.257 e. The summed E-state index contributed by atoms with van der Waals surface area (Å²) in [6.45, 7) is 5.92. The van der Waals surface area contributed by atoms with E-state index in [1.165, 1.54) is 0 Å². The number of amides is 1. The van der Waals surface area contributed by atoms with E-state index >= 15 is 0 Å². The lowest BCUT2D eigenvalue weighted by Gasteiger charge is -2.08. The van der Waals surface area contributed by atoms with Crippen LogP contribution in [0.5, 0.6) is 0 Å². The number of nitrogens with two attached hydrogens (primary N) is 1. The molecule has 2 rings (SSSR count). The van der Waals surface area contributed by atoms with Crippen LogP contribution in [-0.2, 0) is 6.42 Å². The zero-order valence-electron chi connectivity index (χ0n) is 12.6. The van der Waals surface area contributed by atoms with E-state index in [9.17, 15) is 4.79 Å². The van der Waals surface area contributed by atoms with Crippen molar-refractivity contribution in [1.29, 1.82) is 0 Å². The van der Waals surface area contributed by atoms with E-state index in [0.29, 0.717) is 17.2 Å². The van der Waals surface area contributed by atoms with E-state index in [2.05, 4.69) is 22.2 Å². The van der Waals surface area contributed by atoms with Gasteiger partial charge < -0.3 is 11.1 Å². The fraction of sp³-hybridized carbons (Fsp3) is 0.312. The summed E-state index contributed by atoms with van der Waals surface area (Å²) in [7, 11) is 0. The molecule has 3 N–H and O–H groups in total. The van der Waals surface area contributed by atoms with Gasteiger partial charge in [0.2, 0.25) is 0 Å². The van der Waals surface area contributed by atoms with Crippen molar-refractivity contribution in [3.05, 3.63) is 46.8 Å². The fourth-order valence-corrected chi connectivity index (χ4v) is 2.22. The third kappa shape index (κ3) is 4.02. The van der Waals surface area contributed by atoms with Crippen molar-refractivity contribution in [3.63, 3.8) is 0 Å². The zero-order chi connectivity index (χ0) is 15.4. The van der Waals surface area contributed by atoms with Crippen LogP contribution in [0.2, 0.25) is 0 Å². The number of carbonyl (C=O) groups is 1. The second kappa shape index (κ2) is 6.35. The van der Waals surface area contributed by atoms with Gasteiger partial charge in [-0.15, -0.1) is 0 Å². The molecule has 0 aliphatic heterocycles. The first-order valence-corrected chi connectivity index (χ1v) is 7.01. The zero-order valence-corrected chi connectivity index (χ0v) is 12.6. The molecule has 0 spiro atoms. The van der Waals surface area contributed by atoms with E-state index in [4.69, 9.17) is 5.73 Å². The number of anilines is 2. The van der Waals surface area contributed by atoms with E-state index in [-0.39, 0.29) is 5.91 Å². The first-order valence-electron chi connectivity index (χ1n) is 7.01. The highest BCUT2D eigenvalue weighted by Gasteiger charge is 2.10. The van der Waals surface area contributed by atoms with E-state index < -0.39 is 0 Å². The van der Waals surface area contributed by atoms with Crippen LogP contribution >= 0.6 is 0 Å². The molecule has 5 heteroatoms. The third-order valence-electron chi connectivity index (χ3n) is 3.01. The lowest BCUT2D eigenvalue weighted by Crippen LogP contribution is -2.15. The second-order valence-electron chi connectivity index (χ2n) is 5.15. The number of nitrogen functional groups attached to an aromatic ring is 1. The van der Waals surface area contributed by atoms with Crippen molar-refractivity contribution in [2.75, 3.05) is 11.1 Å². The van der Waals surface area contributed by atoms with Crippen molar-refractivity contribution in [2.45, 2.75) is 33.6 Å². The lowest BCUT2D eigenvalue weighted by molar-refractivity contribution is 0.102. The molecule has 2 aromatic heterocycles. The number of rotatable bonds is 4. The van der Waals surface area contributed by atoms with Crippen LogP contribution in [0.15, 0.2) is 24.3 Å². The maximum atomic E-state index is 12.3.